The zero-order chi connectivity index (χ0) is 22.6. The summed E-state index contributed by atoms with van der Waals surface area (Å²) >= 11 is 1.63. The van der Waals surface area contributed by atoms with Crippen LogP contribution in [0.5, 0.6) is 11.5 Å². The lowest BCUT2D eigenvalue weighted by molar-refractivity contribution is -0.128. The molecule has 1 unspecified atom stereocenters. The number of amides is 2. The van der Waals surface area contributed by atoms with Crippen LogP contribution < -0.4 is 14.8 Å². The highest BCUT2D eigenvalue weighted by Crippen LogP contribution is 2.38. The Labute approximate surface area is 196 Å². The van der Waals surface area contributed by atoms with E-state index in [1.54, 1.807) is 11.8 Å². The molecule has 6 nitrogen and oxygen atoms in total. The molecular formula is C26H24N2O4S. The summed E-state index contributed by atoms with van der Waals surface area (Å²) in [6.45, 7) is 1.31. The SMILES string of the molecule is O=C(NCc1ccc2c(c1)OCO2)c1ccc(C2SCC(=O)N2CCc2ccccc2)cc1. The summed E-state index contributed by atoms with van der Waals surface area (Å²) in [4.78, 5) is 27.0. The number of fused-ring (bicyclic) bond motifs is 1. The number of carbonyl (C=O) groups excluding carboxylic acids is 2. The average molecular weight is 461 g/mol. The fourth-order valence-electron chi connectivity index (χ4n) is 4.00. The number of thioether (sulfide) groups is 1. The van der Waals surface area contributed by atoms with E-state index >= 15 is 0 Å². The van der Waals surface area contributed by atoms with Crippen LogP contribution in [0.1, 0.15) is 32.4 Å². The minimum Gasteiger partial charge on any atom is -0.454 e. The Balaban J connectivity index is 1.20. The molecule has 2 aliphatic rings. The Bertz CT molecular complexity index is 1150. The quantitative estimate of drug-likeness (QED) is 0.573. The third kappa shape index (κ3) is 4.83. The molecule has 1 N–H and O–H groups in total. The number of nitrogens with zero attached hydrogens (tertiary/aromatic N) is 1. The van der Waals surface area contributed by atoms with Crippen molar-refractivity contribution >= 4 is 23.6 Å². The first-order valence-electron chi connectivity index (χ1n) is 10.9. The smallest absolute Gasteiger partial charge is 0.251 e. The van der Waals surface area contributed by atoms with Crippen LogP contribution in [0.2, 0.25) is 0 Å². The Morgan fingerprint density at radius 1 is 0.970 bits per heavy atom. The summed E-state index contributed by atoms with van der Waals surface area (Å²) in [6.07, 6.45) is 0.823. The van der Waals surface area contributed by atoms with Crippen molar-refractivity contribution in [1.82, 2.24) is 10.2 Å². The number of rotatable bonds is 7. The van der Waals surface area contributed by atoms with Crippen molar-refractivity contribution in [2.75, 3.05) is 19.1 Å². The summed E-state index contributed by atoms with van der Waals surface area (Å²) in [6, 6.07) is 23.4. The van der Waals surface area contributed by atoms with Crippen LogP contribution >= 0.6 is 11.8 Å². The highest BCUT2D eigenvalue weighted by molar-refractivity contribution is 8.00. The highest BCUT2D eigenvalue weighted by Gasteiger charge is 2.32. The van der Waals surface area contributed by atoms with Crippen molar-refractivity contribution in [3.63, 3.8) is 0 Å². The van der Waals surface area contributed by atoms with E-state index in [4.69, 9.17) is 9.47 Å². The van der Waals surface area contributed by atoms with E-state index < -0.39 is 0 Å². The zero-order valence-corrected chi connectivity index (χ0v) is 18.8. The van der Waals surface area contributed by atoms with Gasteiger partial charge in [-0.15, -0.1) is 11.8 Å². The van der Waals surface area contributed by atoms with Crippen LogP contribution in [-0.4, -0.2) is 35.8 Å². The molecule has 0 spiro atoms. The minimum absolute atomic E-state index is 0.0213. The van der Waals surface area contributed by atoms with Crippen molar-refractivity contribution in [2.24, 2.45) is 0 Å². The Kier molecular flexibility index (Phi) is 6.21. The number of hydrogen-bond donors (Lipinski definition) is 1. The standard InChI is InChI=1S/C26H24N2O4S/c29-24-16-33-26(28(24)13-12-18-4-2-1-3-5-18)21-9-7-20(8-10-21)25(30)27-15-19-6-11-22-23(14-19)32-17-31-22/h1-11,14,26H,12-13,15-17H2,(H,27,30). The largest absolute Gasteiger partial charge is 0.454 e. The van der Waals surface area contributed by atoms with Gasteiger partial charge in [0.15, 0.2) is 11.5 Å². The second-order valence-corrected chi connectivity index (χ2v) is 9.05. The summed E-state index contributed by atoms with van der Waals surface area (Å²) in [5.41, 5.74) is 3.78. The first-order chi connectivity index (χ1) is 16.2. The van der Waals surface area contributed by atoms with E-state index in [9.17, 15) is 9.59 Å². The Morgan fingerprint density at radius 2 is 1.76 bits per heavy atom. The van der Waals surface area contributed by atoms with E-state index in [1.165, 1.54) is 5.56 Å². The van der Waals surface area contributed by atoms with E-state index in [1.807, 2.05) is 65.6 Å². The molecule has 1 saturated heterocycles. The summed E-state index contributed by atoms with van der Waals surface area (Å²) < 4.78 is 10.7. The van der Waals surface area contributed by atoms with Crippen molar-refractivity contribution < 1.29 is 19.1 Å². The lowest BCUT2D eigenvalue weighted by Gasteiger charge is -2.24. The predicted octanol–water partition coefficient (Wildman–Crippen LogP) is 4.16. The molecule has 7 heteroatoms. The van der Waals surface area contributed by atoms with Gasteiger partial charge >= 0.3 is 0 Å². The summed E-state index contributed by atoms with van der Waals surface area (Å²) in [5.74, 6) is 1.92. The molecule has 33 heavy (non-hydrogen) atoms. The molecule has 0 radical (unpaired) electrons. The minimum atomic E-state index is -0.143. The lowest BCUT2D eigenvalue weighted by atomic mass is 10.1. The van der Waals surface area contributed by atoms with Crippen molar-refractivity contribution in [2.45, 2.75) is 18.3 Å². The van der Waals surface area contributed by atoms with Crippen LogP contribution in [0.15, 0.2) is 72.8 Å². The number of hydrogen-bond acceptors (Lipinski definition) is 5. The molecule has 3 aromatic carbocycles. The monoisotopic (exact) mass is 460 g/mol. The maximum absolute atomic E-state index is 12.6. The molecule has 2 heterocycles. The lowest BCUT2D eigenvalue weighted by Crippen LogP contribution is -2.30. The molecule has 1 atom stereocenters. The Hall–Kier alpha value is -3.45. The summed E-state index contributed by atoms with van der Waals surface area (Å²) in [7, 11) is 0. The molecule has 2 amide bonds. The second-order valence-electron chi connectivity index (χ2n) is 7.98. The van der Waals surface area contributed by atoms with Crippen LogP contribution in [-0.2, 0) is 17.8 Å². The highest BCUT2D eigenvalue weighted by atomic mass is 32.2. The topological polar surface area (TPSA) is 67.9 Å². The van der Waals surface area contributed by atoms with Crippen molar-refractivity contribution in [1.29, 1.82) is 0 Å². The maximum Gasteiger partial charge on any atom is 0.251 e. The zero-order valence-electron chi connectivity index (χ0n) is 18.0. The molecule has 0 aliphatic carbocycles. The fraction of sp³-hybridized carbons (Fsp3) is 0.231. The third-order valence-corrected chi connectivity index (χ3v) is 7.06. The van der Waals surface area contributed by atoms with Gasteiger partial charge in [0.2, 0.25) is 12.7 Å². The van der Waals surface area contributed by atoms with E-state index in [2.05, 4.69) is 17.4 Å². The molecule has 0 aromatic heterocycles. The Morgan fingerprint density at radius 3 is 2.58 bits per heavy atom. The molecule has 1 fully saturated rings. The van der Waals surface area contributed by atoms with Gasteiger partial charge in [0.1, 0.15) is 5.37 Å². The predicted molar refractivity (Wildman–Crippen MR) is 127 cm³/mol. The van der Waals surface area contributed by atoms with E-state index in [0.717, 1.165) is 23.3 Å². The molecular weight excluding hydrogens is 436 g/mol. The van der Waals surface area contributed by atoms with Gasteiger partial charge in [0.05, 0.1) is 5.75 Å². The average Bonchev–Trinajstić information content (AvgIpc) is 3.48. The molecule has 0 bridgehead atoms. The van der Waals surface area contributed by atoms with Crippen LogP contribution in [0.4, 0.5) is 0 Å². The van der Waals surface area contributed by atoms with Crippen LogP contribution in [0.25, 0.3) is 0 Å². The first-order valence-corrected chi connectivity index (χ1v) is 11.9. The number of nitrogens with one attached hydrogen (secondary N) is 1. The van der Waals surface area contributed by atoms with Crippen molar-refractivity contribution in [3.05, 3.63) is 95.1 Å². The molecule has 0 saturated carbocycles. The number of benzene rings is 3. The normalized spacial score (nSPS) is 16.8. The summed E-state index contributed by atoms with van der Waals surface area (Å²) in [5, 5.41) is 2.92. The molecule has 2 aliphatic heterocycles. The second kappa shape index (κ2) is 9.58. The van der Waals surface area contributed by atoms with Gasteiger partial charge in [-0.3, -0.25) is 9.59 Å². The fourth-order valence-corrected chi connectivity index (χ4v) is 5.22. The van der Waals surface area contributed by atoms with Gasteiger partial charge in [-0.1, -0.05) is 48.5 Å². The molecule has 3 aromatic rings. The molecule has 5 rings (SSSR count). The number of ether oxygens (including phenoxy) is 2. The van der Waals surface area contributed by atoms with Gasteiger partial charge in [0, 0.05) is 18.7 Å². The number of carbonyl (C=O) groups is 2. The molecule has 168 valence electrons. The van der Waals surface area contributed by atoms with Gasteiger partial charge < -0.3 is 19.7 Å². The van der Waals surface area contributed by atoms with Crippen molar-refractivity contribution in [3.8, 4) is 11.5 Å². The van der Waals surface area contributed by atoms with Gasteiger partial charge in [-0.25, -0.2) is 0 Å². The van der Waals surface area contributed by atoms with Crippen LogP contribution in [0, 0.1) is 0 Å². The van der Waals surface area contributed by atoms with E-state index in [-0.39, 0.29) is 24.0 Å². The van der Waals surface area contributed by atoms with Gasteiger partial charge in [-0.2, -0.15) is 0 Å². The first kappa shape index (κ1) is 21.4. The van der Waals surface area contributed by atoms with Gasteiger partial charge in [-0.05, 0) is 47.4 Å². The van der Waals surface area contributed by atoms with Gasteiger partial charge in [0.25, 0.3) is 5.91 Å². The van der Waals surface area contributed by atoms with E-state index in [0.29, 0.717) is 30.2 Å². The van der Waals surface area contributed by atoms with Crippen LogP contribution in [0.3, 0.4) is 0 Å². The maximum atomic E-state index is 12.6. The third-order valence-electron chi connectivity index (χ3n) is 5.80.